The van der Waals surface area contributed by atoms with Crippen molar-refractivity contribution in [2.75, 3.05) is 88.7 Å². The Bertz CT molecular complexity index is 971. The molecule has 2 aliphatic heterocycles. The quantitative estimate of drug-likeness (QED) is 0.296. The molecule has 3 rings (SSSR count). The Kier molecular flexibility index (Phi) is 12.6. The zero-order valence-electron chi connectivity index (χ0n) is 22.9. The maximum atomic E-state index is 13.0. The standard InChI is InChI=1S/C26H45N3O7S2/c1-3-5-6-24(4-2)23-36-26-9-7-25(8-10-26)27(15-21-37(30,31)28-11-17-34-18-12-28)16-22-38(32,33)29-13-19-35-20-14-29/h7-10,24H,3-6,11-23H2,1-2H3. The van der Waals surface area contributed by atoms with Crippen LogP contribution in [-0.2, 0) is 29.5 Å². The van der Waals surface area contributed by atoms with Crippen LogP contribution in [0.25, 0.3) is 0 Å². The van der Waals surface area contributed by atoms with Gasteiger partial charge >= 0.3 is 0 Å². The van der Waals surface area contributed by atoms with Gasteiger partial charge in [0.1, 0.15) is 5.75 Å². The first-order valence-corrected chi connectivity index (χ1v) is 17.1. The van der Waals surface area contributed by atoms with Crippen molar-refractivity contribution in [3.8, 4) is 5.75 Å². The molecule has 1 aromatic carbocycles. The van der Waals surface area contributed by atoms with Gasteiger partial charge < -0.3 is 19.1 Å². The Labute approximate surface area is 229 Å². The molecule has 1 aromatic rings. The minimum absolute atomic E-state index is 0.0987. The summed E-state index contributed by atoms with van der Waals surface area (Å²) in [6, 6.07) is 7.51. The van der Waals surface area contributed by atoms with E-state index >= 15 is 0 Å². The molecule has 218 valence electrons. The van der Waals surface area contributed by atoms with Crippen molar-refractivity contribution in [3.05, 3.63) is 24.3 Å². The van der Waals surface area contributed by atoms with Crippen molar-refractivity contribution in [3.63, 3.8) is 0 Å². The molecule has 10 nitrogen and oxygen atoms in total. The van der Waals surface area contributed by atoms with Crippen LogP contribution in [0.3, 0.4) is 0 Å². The second-order valence-corrected chi connectivity index (χ2v) is 14.0. The number of unbranched alkanes of at least 4 members (excludes halogenated alkanes) is 1. The third kappa shape index (κ3) is 9.63. The highest BCUT2D eigenvalue weighted by molar-refractivity contribution is 7.89. The summed E-state index contributed by atoms with van der Waals surface area (Å²) < 4.78 is 71.4. The lowest BCUT2D eigenvalue weighted by molar-refractivity contribution is 0.0730. The highest BCUT2D eigenvalue weighted by Crippen LogP contribution is 2.22. The summed E-state index contributed by atoms with van der Waals surface area (Å²) in [5.74, 6) is 1.07. The molecule has 1 atom stereocenters. The number of morpholine rings is 2. The van der Waals surface area contributed by atoms with E-state index in [4.69, 9.17) is 14.2 Å². The van der Waals surface area contributed by atoms with Gasteiger partial charge in [-0.1, -0.05) is 33.1 Å². The van der Waals surface area contributed by atoms with Gasteiger partial charge in [-0.2, -0.15) is 8.61 Å². The zero-order chi connectivity index (χ0) is 27.4. The second kappa shape index (κ2) is 15.4. The Morgan fingerprint density at radius 2 is 1.34 bits per heavy atom. The number of hydrogen-bond acceptors (Lipinski definition) is 8. The second-order valence-electron chi connectivity index (χ2n) is 9.86. The van der Waals surface area contributed by atoms with Crippen LogP contribution in [0, 0.1) is 5.92 Å². The molecule has 0 aromatic heterocycles. The molecule has 2 saturated heterocycles. The molecule has 0 radical (unpaired) electrons. The van der Waals surface area contributed by atoms with Gasteiger partial charge in [0.15, 0.2) is 0 Å². The van der Waals surface area contributed by atoms with Crippen LogP contribution in [0.5, 0.6) is 5.75 Å². The normalized spacial score (nSPS) is 18.8. The molecule has 38 heavy (non-hydrogen) atoms. The summed E-state index contributed by atoms with van der Waals surface area (Å²) in [5, 5.41) is 0. The molecule has 0 amide bonds. The zero-order valence-corrected chi connectivity index (χ0v) is 24.6. The Balaban J connectivity index is 1.67. The highest BCUT2D eigenvalue weighted by Gasteiger charge is 2.27. The first-order valence-electron chi connectivity index (χ1n) is 13.8. The lowest BCUT2D eigenvalue weighted by atomic mass is 10.0. The van der Waals surface area contributed by atoms with Crippen molar-refractivity contribution in [1.82, 2.24) is 8.61 Å². The van der Waals surface area contributed by atoms with E-state index in [1.807, 2.05) is 29.2 Å². The predicted molar refractivity (Wildman–Crippen MR) is 150 cm³/mol. The molecule has 2 aliphatic rings. The van der Waals surface area contributed by atoms with Gasteiger partial charge in [-0.05, 0) is 36.6 Å². The summed E-state index contributed by atoms with van der Waals surface area (Å²) in [6.45, 7) is 8.34. The van der Waals surface area contributed by atoms with Crippen LogP contribution < -0.4 is 9.64 Å². The van der Waals surface area contributed by atoms with E-state index in [0.29, 0.717) is 65.1 Å². The molecule has 2 fully saturated rings. The number of sulfonamides is 2. The largest absolute Gasteiger partial charge is 0.493 e. The SMILES string of the molecule is CCCCC(CC)COc1ccc(N(CCS(=O)(=O)N2CCOCC2)CCS(=O)(=O)N2CCOCC2)cc1. The van der Waals surface area contributed by atoms with Crippen LogP contribution in [-0.4, -0.2) is 109 Å². The number of anilines is 1. The van der Waals surface area contributed by atoms with Crippen LogP contribution in [0.4, 0.5) is 5.69 Å². The molecular formula is C26H45N3O7S2. The average molecular weight is 576 g/mol. The maximum absolute atomic E-state index is 13.0. The first kappa shape index (κ1) is 31.1. The van der Waals surface area contributed by atoms with Crippen LogP contribution in [0.2, 0.25) is 0 Å². The first-order chi connectivity index (χ1) is 18.2. The van der Waals surface area contributed by atoms with E-state index in [9.17, 15) is 16.8 Å². The van der Waals surface area contributed by atoms with E-state index in [-0.39, 0.29) is 24.6 Å². The molecule has 0 spiro atoms. The Hall–Kier alpha value is -1.44. The van der Waals surface area contributed by atoms with E-state index in [1.165, 1.54) is 21.5 Å². The van der Waals surface area contributed by atoms with Gasteiger partial charge in [0.2, 0.25) is 20.0 Å². The molecule has 0 bridgehead atoms. The average Bonchev–Trinajstić information content (AvgIpc) is 2.94. The lowest BCUT2D eigenvalue weighted by Gasteiger charge is -2.30. The van der Waals surface area contributed by atoms with E-state index in [2.05, 4.69) is 13.8 Å². The van der Waals surface area contributed by atoms with Gasteiger partial charge in [-0.3, -0.25) is 0 Å². The molecule has 0 aliphatic carbocycles. The molecule has 0 saturated carbocycles. The summed E-state index contributed by atoms with van der Waals surface area (Å²) in [5.41, 5.74) is 0.768. The topological polar surface area (TPSA) is 106 Å². The van der Waals surface area contributed by atoms with Crippen LogP contribution in [0.1, 0.15) is 39.5 Å². The lowest BCUT2D eigenvalue weighted by Crippen LogP contribution is -2.46. The van der Waals surface area contributed by atoms with Gasteiger partial charge in [0, 0.05) is 45.0 Å². The number of hydrogen-bond donors (Lipinski definition) is 0. The summed E-state index contributed by atoms with van der Waals surface area (Å²) in [6.07, 6.45) is 4.58. The molecular weight excluding hydrogens is 530 g/mol. The fraction of sp³-hybridized carbons (Fsp3) is 0.769. The molecule has 0 N–H and O–H groups in total. The van der Waals surface area contributed by atoms with Gasteiger partial charge in [-0.25, -0.2) is 16.8 Å². The summed E-state index contributed by atoms with van der Waals surface area (Å²) in [7, 11) is -6.97. The fourth-order valence-corrected chi connectivity index (χ4v) is 7.42. The van der Waals surface area contributed by atoms with Crippen LogP contribution in [0.15, 0.2) is 24.3 Å². The number of ether oxygens (including phenoxy) is 3. The number of benzene rings is 1. The third-order valence-corrected chi connectivity index (χ3v) is 10.9. The van der Waals surface area contributed by atoms with E-state index in [1.54, 1.807) is 0 Å². The molecule has 1 unspecified atom stereocenters. The van der Waals surface area contributed by atoms with Crippen molar-refractivity contribution in [2.45, 2.75) is 39.5 Å². The third-order valence-electron chi connectivity index (χ3n) is 7.20. The monoisotopic (exact) mass is 575 g/mol. The minimum atomic E-state index is -3.49. The maximum Gasteiger partial charge on any atom is 0.216 e. The van der Waals surface area contributed by atoms with Gasteiger partial charge in [-0.15, -0.1) is 0 Å². The predicted octanol–water partition coefficient (Wildman–Crippen LogP) is 2.41. The fourth-order valence-electron chi connectivity index (χ4n) is 4.59. The number of nitrogens with zero attached hydrogens (tertiary/aromatic N) is 3. The van der Waals surface area contributed by atoms with Crippen molar-refractivity contribution in [1.29, 1.82) is 0 Å². The van der Waals surface area contributed by atoms with Gasteiger partial charge in [0.05, 0.1) is 44.5 Å². The van der Waals surface area contributed by atoms with Crippen molar-refractivity contribution >= 4 is 25.7 Å². The smallest absolute Gasteiger partial charge is 0.216 e. The van der Waals surface area contributed by atoms with Gasteiger partial charge in [0.25, 0.3) is 0 Å². The van der Waals surface area contributed by atoms with E-state index in [0.717, 1.165) is 24.3 Å². The number of rotatable bonds is 16. The molecule has 2 heterocycles. The van der Waals surface area contributed by atoms with Crippen molar-refractivity contribution in [2.24, 2.45) is 5.92 Å². The van der Waals surface area contributed by atoms with Crippen molar-refractivity contribution < 1.29 is 31.0 Å². The summed E-state index contributed by atoms with van der Waals surface area (Å²) >= 11 is 0. The minimum Gasteiger partial charge on any atom is -0.493 e. The van der Waals surface area contributed by atoms with Crippen LogP contribution >= 0.6 is 0 Å². The Morgan fingerprint density at radius 3 is 1.79 bits per heavy atom. The Morgan fingerprint density at radius 1 is 0.842 bits per heavy atom. The summed E-state index contributed by atoms with van der Waals surface area (Å²) in [4.78, 5) is 1.84. The van der Waals surface area contributed by atoms with E-state index < -0.39 is 20.0 Å². The highest BCUT2D eigenvalue weighted by atomic mass is 32.2. The molecule has 12 heteroatoms.